The van der Waals surface area contributed by atoms with E-state index in [2.05, 4.69) is 38.2 Å². The van der Waals surface area contributed by atoms with Crippen molar-refractivity contribution in [1.82, 2.24) is 5.32 Å². The van der Waals surface area contributed by atoms with E-state index < -0.39 is 0 Å². The lowest BCUT2D eigenvalue weighted by Gasteiger charge is -2.28. The van der Waals surface area contributed by atoms with E-state index >= 15 is 0 Å². The lowest BCUT2D eigenvalue weighted by atomic mass is 9.83. The zero-order valence-electron chi connectivity index (χ0n) is 11.2. The Hall–Kier alpha value is -1.06. The molecule has 17 heavy (non-hydrogen) atoms. The summed E-state index contributed by atoms with van der Waals surface area (Å²) in [5.74, 6) is 0.923. The SMILES string of the molecule is COc1ccc(C)cc1C(C)(C)CNCCO. The van der Waals surface area contributed by atoms with Crippen molar-refractivity contribution in [2.45, 2.75) is 26.2 Å². The average Bonchev–Trinajstić information content (AvgIpc) is 2.29. The summed E-state index contributed by atoms with van der Waals surface area (Å²) in [6.45, 7) is 8.04. The van der Waals surface area contributed by atoms with Crippen LogP contribution in [-0.4, -0.2) is 31.9 Å². The lowest BCUT2D eigenvalue weighted by molar-refractivity contribution is 0.286. The van der Waals surface area contributed by atoms with Crippen LogP contribution in [0.1, 0.15) is 25.0 Å². The standard InChI is InChI=1S/C14H23NO2/c1-11-5-6-13(17-4)12(9-11)14(2,3)10-15-7-8-16/h5-6,9,15-16H,7-8,10H2,1-4H3. The highest BCUT2D eigenvalue weighted by atomic mass is 16.5. The molecule has 0 heterocycles. The Kier molecular flexibility index (Phi) is 4.97. The van der Waals surface area contributed by atoms with E-state index in [-0.39, 0.29) is 12.0 Å². The first kappa shape index (κ1) is 14.0. The molecule has 0 saturated carbocycles. The number of hydrogen-bond acceptors (Lipinski definition) is 3. The Morgan fingerprint density at radius 1 is 1.35 bits per heavy atom. The van der Waals surface area contributed by atoms with Crippen molar-refractivity contribution in [3.8, 4) is 5.75 Å². The molecule has 0 aromatic heterocycles. The Bertz CT molecular complexity index is 361. The Balaban J connectivity index is 2.91. The molecule has 0 spiro atoms. The van der Waals surface area contributed by atoms with Gasteiger partial charge in [0.25, 0.3) is 0 Å². The summed E-state index contributed by atoms with van der Waals surface area (Å²) in [5.41, 5.74) is 2.41. The number of aliphatic hydroxyl groups is 1. The van der Waals surface area contributed by atoms with Crippen LogP contribution in [0.15, 0.2) is 18.2 Å². The van der Waals surface area contributed by atoms with Crippen molar-refractivity contribution in [3.05, 3.63) is 29.3 Å². The van der Waals surface area contributed by atoms with Crippen LogP contribution in [0.4, 0.5) is 0 Å². The predicted octanol–water partition coefficient (Wildman–Crippen LogP) is 1.86. The first-order valence-electron chi connectivity index (χ1n) is 5.98. The van der Waals surface area contributed by atoms with E-state index in [0.717, 1.165) is 12.3 Å². The fourth-order valence-electron chi connectivity index (χ4n) is 1.93. The van der Waals surface area contributed by atoms with Crippen LogP contribution in [-0.2, 0) is 5.41 Å². The molecule has 1 rings (SSSR count). The average molecular weight is 237 g/mol. The topological polar surface area (TPSA) is 41.5 Å². The van der Waals surface area contributed by atoms with E-state index in [1.165, 1.54) is 11.1 Å². The number of methoxy groups -OCH3 is 1. The first-order valence-corrected chi connectivity index (χ1v) is 5.98. The largest absolute Gasteiger partial charge is 0.496 e. The number of aryl methyl sites for hydroxylation is 1. The van der Waals surface area contributed by atoms with Gasteiger partial charge in [-0.1, -0.05) is 31.5 Å². The van der Waals surface area contributed by atoms with Gasteiger partial charge in [0.05, 0.1) is 13.7 Å². The van der Waals surface area contributed by atoms with Gasteiger partial charge in [0.1, 0.15) is 5.75 Å². The Morgan fingerprint density at radius 3 is 2.65 bits per heavy atom. The van der Waals surface area contributed by atoms with Crippen LogP contribution in [0.2, 0.25) is 0 Å². The maximum absolute atomic E-state index is 8.79. The summed E-state index contributed by atoms with van der Waals surface area (Å²) in [4.78, 5) is 0. The molecule has 0 fully saturated rings. The van der Waals surface area contributed by atoms with E-state index in [9.17, 15) is 0 Å². The molecule has 3 heteroatoms. The van der Waals surface area contributed by atoms with E-state index in [1.807, 2.05) is 6.07 Å². The van der Waals surface area contributed by atoms with Gasteiger partial charge in [0.15, 0.2) is 0 Å². The van der Waals surface area contributed by atoms with Crippen LogP contribution < -0.4 is 10.1 Å². The van der Waals surface area contributed by atoms with Crippen LogP contribution in [0.25, 0.3) is 0 Å². The van der Waals surface area contributed by atoms with Gasteiger partial charge >= 0.3 is 0 Å². The minimum absolute atomic E-state index is 0.0213. The molecule has 96 valence electrons. The lowest BCUT2D eigenvalue weighted by Crippen LogP contribution is -2.34. The Morgan fingerprint density at radius 2 is 2.06 bits per heavy atom. The monoisotopic (exact) mass is 237 g/mol. The number of aliphatic hydroxyl groups excluding tert-OH is 1. The van der Waals surface area contributed by atoms with Gasteiger partial charge in [-0.05, 0) is 13.0 Å². The fourth-order valence-corrected chi connectivity index (χ4v) is 1.93. The van der Waals surface area contributed by atoms with Crippen LogP contribution in [0.5, 0.6) is 5.75 Å². The minimum Gasteiger partial charge on any atom is -0.496 e. The normalized spacial score (nSPS) is 11.6. The van der Waals surface area contributed by atoms with Crippen molar-refractivity contribution < 1.29 is 9.84 Å². The molecule has 1 aromatic rings. The molecule has 2 N–H and O–H groups in total. The van der Waals surface area contributed by atoms with E-state index in [4.69, 9.17) is 9.84 Å². The molecule has 0 aliphatic heterocycles. The van der Waals surface area contributed by atoms with Gasteiger partial charge in [-0.2, -0.15) is 0 Å². The smallest absolute Gasteiger partial charge is 0.122 e. The molecule has 0 aliphatic rings. The highest BCUT2D eigenvalue weighted by molar-refractivity contribution is 5.41. The molecule has 0 atom stereocenters. The summed E-state index contributed by atoms with van der Waals surface area (Å²) in [6.07, 6.45) is 0. The fraction of sp³-hybridized carbons (Fsp3) is 0.571. The number of nitrogens with one attached hydrogen (secondary N) is 1. The van der Waals surface area contributed by atoms with E-state index in [1.54, 1.807) is 7.11 Å². The molecule has 0 aliphatic carbocycles. The number of benzene rings is 1. The predicted molar refractivity (Wildman–Crippen MR) is 70.7 cm³/mol. The summed E-state index contributed by atoms with van der Waals surface area (Å²) in [6, 6.07) is 6.23. The second kappa shape index (κ2) is 6.03. The third-order valence-electron chi connectivity index (χ3n) is 2.94. The van der Waals surface area contributed by atoms with Crippen molar-refractivity contribution >= 4 is 0 Å². The molecule has 3 nitrogen and oxygen atoms in total. The van der Waals surface area contributed by atoms with Gasteiger partial charge in [-0.15, -0.1) is 0 Å². The molecule has 0 amide bonds. The van der Waals surface area contributed by atoms with Crippen LogP contribution in [0, 0.1) is 6.92 Å². The summed E-state index contributed by atoms with van der Waals surface area (Å²) >= 11 is 0. The second-order valence-corrected chi connectivity index (χ2v) is 4.99. The van der Waals surface area contributed by atoms with Gasteiger partial charge in [-0.25, -0.2) is 0 Å². The quantitative estimate of drug-likeness (QED) is 0.742. The zero-order valence-corrected chi connectivity index (χ0v) is 11.2. The Labute approximate surface area is 104 Å². The number of ether oxygens (including phenoxy) is 1. The molecule has 0 radical (unpaired) electrons. The molecule has 0 bridgehead atoms. The summed E-state index contributed by atoms with van der Waals surface area (Å²) in [7, 11) is 1.70. The second-order valence-electron chi connectivity index (χ2n) is 4.99. The van der Waals surface area contributed by atoms with Gasteiger partial charge in [0.2, 0.25) is 0 Å². The van der Waals surface area contributed by atoms with Crippen LogP contribution >= 0.6 is 0 Å². The zero-order chi connectivity index (χ0) is 12.9. The number of hydrogen-bond donors (Lipinski definition) is 2. The summed E-state index contributed by atoms with van der Waals surface area (Å²) in [5, 5.41) is 12.0. The van der Waals surface area contributed by atoms with Crippen molar-refractivity contribution in [3.63, 3.8) is 0 Å². The van der Waals surface area contributed by atoms with Crippen molar-refractivity contribution in [1.29, 1.82) is 0 Å². The third kappa shape index (κ3) is 3.72. The van der Waals surface area contributed by atoms with Crippen LogP contribution in [0.3, 0.4) is 0 Å². The van der Waals surface area contributed by atoms with Gasteiger partial charge < -0.3 is 15.2 Å². The van der Waals surface area contributed by atoms with Gasteiger partial charge in [-0.3, -0.25) is 0 Å². The summed E-state index contributed by atoms with van der Waals surface area (Å²) < 4.78 is 5.42. The van der Waals surface area contributed by atoms with Gasteiger partial charge in [0, 0.05) is 24.1 Å². The maximum atomic E-state index is 8.79. The third-order valence-corrected chi connectivity index (χ3v) is 2.94. The molecule has 0 unspecified atom stereocenters. The molecular weight excluding hydrogens is 214 g/mol. The van der Waals surface area contributed by atoms with E-state index in [0.29, 0.717) is 6.54 Å². The highest BCUT2D eigenvalue weighted by Crippen LogP contribution is 2.31. The molecular formula is C14H23NO2. The molecule has 1 aromatic carbocycles. The van der Waals surface area contributed by atoms with Crippen molar-refractivity contribution in [2.24, 2.45) is 0 Å². The first-order chi connectivity index (χ1) is 8.01. The van der Waals surface area contributed by atoms with Crippen molar-refractivity contribution in [2.75, 3.05) is 26.8 Å². The minimum atomic E-state index is -0.0213. The number of rotatable bonds is 6. The molecule has 0 saturated heterocycles. The highest BCUT2D eigenvalue weighted by Gasteiger charge is 2.24. The maximum Gasteiger partial charge on any atom is 0.122 e.